The van der Waals surface area contributed by atoms with Crippen molar-refractivity contribution in [3.05, 3.63) is 0 Å². The third kappa shape index (κ3) is 42.0. The van der Waals surface area contributed by atoms with Gasteiger partial charge >= 0.3 is 0 Å². The van der Waals surface area contributed by atoms with E-state index in [1.165, 1.54) is 218 Å². The highest BCUT2D eigenvalue weighted by atomic mass is 16.6. The van der Waals surface area contributed by atoms with Gasteiger partial charge in [-0.15, -0.1) is 0 Å². The molecule has 0 fully saturated rings. The van der Waals surface area contributed by atoms with Crippen LogP contribution in [-0.4, -0.2) is 38.6 Å². The Morgan fingerprint density at radius 2 is 0.532 bits per heavy atom. The van der Waals surface area contributed by atoms with Crippen molar-refractivity contribution in [1.82, 2.24) is 0 Å². The summed E-state index contributed by atoms with van der Waals surface area (Å²) < 4.78 is 17.9. The summed E-state index contributed by atoms with van der Waals surface area (Å²) in [6.45, 7) is 12.0. The van der Waals surface area contributed by atoms with Crippen LogP contribution in [0.25, 0.3) is 0 Å². The van der Waals surface area contributed by atoms with E-state index in [0.717, 1.165) is 13.2 Å². The summed E-state index contributed by atoms with van der Waals surface area (Å²) in [6.07, 6.45) is 48.3. The molecular formula is C44H90O3. The minimum atomic E-state index is 0.146. The van der Waals surface area contributed by atoms with Gasteiger partial charge in [0.15, 0.2) is 0 Å². The maximum Gasteiger partial charge on any atom is 0.0781 e. The van der Waals surface area contributed by atoms with Crippen LogP contribution in [-0.2, 0) is 14.2 Å². The van der Waals surface area contributed by atoms with Crippen molar-refractivity contribution >= 4 is 0 Å². The molecule has 0 saturated heterocycles. The Balaban J connectivity index is 3.24. The van der Waals surface area contributed by atoms with E-state index in [-0.39, 0.29) is 12.2 Å². The van der Waals surface area contributed by atoms with Crippen molar-refractivity contribution in [2.75, 3.05) is 26.4 Å². The van der Waals surface area contributed by atoms with E-state index >= 15 is 0 Å². The SMILES string of the molecule is CCCCCCCCCCCCCCCCCCCOCC(C)OCC(C)OCCCCCCCCCCCCCCCCCCC. The smallest absolute Gasteiger partial charge is 0.0781 e. The third-order valence-electron chi connectivity index (χ3n) is 10.0. The molecule has 2 atom stereocenters. The van der Waals surface area contributed by atoms with E-state index in [0.29, 0.717) is 13.2 Å². The predicted octanol–water partition coefficient (Wildman–Crippen LogP) is 15.1. The zero-order valence-electron chi connectivity index (χ0n) is 33.2. The summed E-state index contributed by atoms with van der Waals surface area (Å²) >= 11 is 0. The van der Waals surface area contributed by atoms with Gasteiger partial charge in [0.1, 0.15) is 0 Å². The van der Waals surface area contributed by atoms with Gasteiger partial charge in [-0.3, -0.25) is 0 Å². The van der Waals surface area contributed by atoms with Crippen LogP contribution >= 0.6 is 0 Å². The van der Waals surface area contributed by atoms with Crippen LogP contribution in [0.4, 0.5) is 0 Å². The fourth-order valence-corrected chi connectivity index (χ4v) is 6.69. The van der Waals surface area contributed by atoms with E-state index in [1.807, 2.05) is 0 Å². The minimum absolute atomic E-state index is 0.146. The van der Waals surface area contributed by atoms with Gasteiger partial charge in [0.05, 0.1) is 25.4 Å². The molecule has 0 saturated carbocycles. The fourth-order valence-electron chi connectivity index (χ4n) is 6.69. The molecule has 0 amide bonds. The summed E-state index contributed by atoms with van der Waals surface area (Å²) in [5.74, 6) is 0. The second kappa shape index (κ2) is 42.0. The Kier molecular flexibility index (Phi) is 41.9. The monoisotopic (exact) mass is 667 g/mol. The van der Waals surface area contributed by atoms with Crippen molar-refractivity contribution < 1.29 is 14.2 Å². The zero-order chi connectivity index (χ0) is 34.1. The van der Waals surface area contributed by atoms with Crippen molar-refractivity contribution in [3.8, 4) is 0 Å². The van der Waals surface area contributed by atoms with Crippen LogP contribution in [0, 0.1) is 0 Å². The van der Waals surface area contributed by atoms with Gasteiger partial charge in [0.2, 0.25) is 0 Å². The quantitative estimate of drug-likeness (QED) is 0.0607. The fraction of sp³-hybridized carbons (Fsp3) is 1.00. The van der Waals surface area contributed by atoms with Gasteiger partial charge in [-0.2, -0.15) is 0 Å². The molecule has 3 heteroatoms. The molecule has 0 aromatic rings. The first-order valence-corrected chi connectivity index (χ1v) is 22.0. The average molecular weight is 667 g/mol. The van der Waals surface area contributed by atoms with E-state index < -0.39 is 0 Å². The molecule has 0 aliphatic carbocycles. The number of unbranched alkanes of at least 4 members (excludes halogenated alkanes) is 32. The van der Waals surface area contributed by atoms with E-state index in [9.17, 15) is 0 Å². The molecule has 0 aliphatic rings. The molecule has 0 spiro atoms. The largest absolute Gasteiger partial charge is 0.379 e. The molecule has 0 aromatic carbocycles. The average Bonchev–Trinajstić information content (AvgIpc) is 3.07. The van der Waals surface area contributed by atoms with E-state index in [1.54, 1.807) is 0 Å². The predicted molar refractivity (Wildman–Crippen MR) is 210 cm³/mol. The molecule has 2 unspecified atom stereocenters. The lowest BCUT2D eigenvalue weighted by Crippen LogP contribution is -2.24. The van der Waals surface area contributed by atoms with Gasteiger partial charge in [0.25, 0.3) is 0 Å². The van der Waals surface area contributed by atoms with Crippen LogP contribution in [0.2, 0.25) is 0 Å². The summed E-state index contributed by atoms with van der Waals surface area (Å²) in [6, 6.07) is 0. The Morgan fingerprint density at radius 3 is 0.851 bits per heavy atom. The van der Waals surface area contributed by atoms with Crippen molar-refractivity contribution in [3.63, 3.8) is 0 Å². The molecule has 0 bridgehead atoms. The standard InChI is InChI=1S/C44H90O3/c1-5-7-9-11-13-15-17-19-21-23-25-27-29-31-33-35-37-39-45-41-43(3)47-42-44(4)46-40-38-36-34-32-30-28-26-24-22-20-18-16-14-12-10-8-6-2/h43-44H,5-42H2,1-4H3. The number of hydrogen-bond acceptors (Lipinski definition) is 3. The van der Waals surface area contributed by atoms with Crippen LogP contribution < -0.4 is 0 Å². The Hall–Kier alpha value is -0.120. The van der Waals surface area contributed by atoms with Gasteiger partial charge in [-0.25, -0.2) is 0 Å². The topological polar surface area (TPSA) is 27.7 Å². The molecule has 0 radical (unpaired) electrons. The van der Waals surface area contributed by atoms with Crippen molar-refractivity contribution in [2.24, 2.45) is 0 Å². The van der Waals surface area contributed by atoms with Crippen LogP contribution in [0.5, 0.6) is 0 Å². The molecule has 0 rings (SSSR count). The molecule has 3 nitrogen and oxygen atoms in total. The first kappa shape index (κ1) is 46.9. The molecule has 0 heterocycles. The molecule has 0 aliphatic heterocycles. The Morgan fingerprint density at radius 1 is 0.277 bits per heavy atom. The van der Waals surface area contributed by atoms with Crippen LogP contribution in [0.15, 0.2) is 0 Å². The number of rotatable bonds is 42. The summed E-state index contributed by atoms with van der Waals surface area (Å²) in [5.41, 5.74) is 0. The minimum Gasteiger partial charge on any atom is -0.379 e. The molecular weight excluding hydrogens is 576 g/mol. The lowest BCUT2D eigenvalue weighted by atomic mass is 10.0. The number of hydrogen-bond donors (Lipinski definition) is 0. The second-order valence-corrected chi connectivity index (χ2v) is 15.2. The maximum atomic E-state index is 6.00. The van der Waals surface area contributed by atoms with Gasteiger partial charge in [-0.05, 0) is 26.7 Å². The normalized spacial score (nSPS) is 13.0. The molecule has 0 aromatic heterocycles. The zero-order valence-corrected chi connectivity index (χ0v) is 33.2. The van der Waals surface area contributed by atoms with E-state index in [4.69, 9.17) is 14.2 Å². The lowest BCUT2D eigenvalue weighted by molar-refractivity contribution is -0.0577. The van der Waals surface area contributed by atoms with Gasteiger partial charge in [-0.1, -0.05) is 219 Å². The lowest BCUT2D eigenvalue weighted by Gasteiger charge is -2.18. The van der Waals surface area contributed by atoms with Crippen LogP contribution in [0.3, 0.4) is 0 Å². The maximum absolute atomic E-state index is 6.00. The van der Waals surface area contributed by atoms with Gasteiger partial charge < -0.3 is 14.2 Å². The molecule has 47 heavy (non-hydrogen) atoms. The Bertz CT molecular complexity index is 538. The summed E-state index contributed by atoms with van der Waals surface area (Å²) in [7, 11) is 0. The third-order valence-corrected chi connectivity index (χ3v) is 10.0. The van der Waals surface area contributed by atoms with Crippen molar-refractivity contribution in [1.29, 1.82) is 0 Å². The highest BCUT2D eigenvalue weighted by Crippen LogP contribution is 2.16. The molecule has 284 valence electrons. The Labute approximate surface area is 298 Å². The molecule has 0 N–H and O–H groups in total. The van der Waals surface area contributed by atoms with Crippen molar-refractivity contribution in [2.45, 2.75) is 258 Å². The highest BCUT2D eigenvalue weighted by molar-refractivity contribution is 4.55. The summed E-state index contributed by atoms with van der Waals surface area (Å²) in [5, 5.41) is 0. The number of ether oxygens (including phenoxy) is 3. The highest BCUT2D eigenvalue weighted by Gasteiger charge is 2.07. The first-order valence-electron chi connectivity index (χ1n) is 22.0. The van der Waals surface area contributed by atoms with E-state index in [2.05, 4.69) is 27.7 Å². The summed E-state index contributed by atoms with van der Waals surface area (Å²) in [4.78, 5) is 0. The van der Waals surface area contributed by atoms with Gasteiger partial charge in [0, 0.05) is 13.2 Å². The first-order chi connectivity index (χ1) is 23.2. The second-order valence-electron chi connectivity index (χ2n) is 15.2. The van der Waals surface area contributed by atoms with Crippen LogP contribution in [0.1, 0.15) is 246 Å².